The summed E-state index contributed by atoms with van der Waals surface area (Å²) in [5.41, 5.74) is 0.981. The molecule has 2 atom stereocenters. The Bertz CT molecular complexity index is 426. The van der Waals surface area contributed by atoms with E-state index in [9.17, 15) is 4.79 Å². The van der Waals surface area contributed by atoms with Gasteiger partial charge < -0.3 is 15.4 Å². The first-order valence-electron chi connectivity index (χ1n) is 6.83. The normalized spacial score (nSPS) is 22.8. The lowest BCUT2D eigenvalue weighted by Crippen LogP contribution is -2.49. The molecule has 2 N–H and O–H groups in total. The molecular formula is C15H22N2O2. The summed E-state index contributed by atoms with van der Waals surface area (Å²) in [4.78, 5) is 12.0. The van der Waals surface area contributed by atoms with Gasteiger partial charge in [0.2, 0.25) is 5.91 Å². The van der Waals surface area contributed by atoms with Gasteiger partial charge in [-0.25, -0.2) is 0 Å². The van der Waals surface area contributed by atoms with Crippen molar-refractivity contribution in [3.8, 4) is 5.75 Å². The molecule has 104 valence electrons. The van der Waals surface area contributed by atoms with Crippen molar-refractivity contribution in [1.82, 2.24) is 10.6 Å². The highest BCUT2D eigenvalue weighted by Gasteiger charge is 2.19. The number of hydrogen-bond acceptors (Lipinski definition) is 3. The minimum absolute atomic E-state index is 0.0783. The predicted octanol–water partition coefficient (Wildman–Crippen LogP) is 1.49. The van der Waals surface area contributed by atoms with Crippen molar-refractivity contribution >= 4 is 5.91 Å². The number of carbonyl (C=O) groups excluding carboxylic acids is 1. The van der Waals surface area contributed by atoms with Crippen molar-refractivity contribution < 1.29 is 9.53 Å². The number of piperidine rings is 1. The molecule has 1 aromatic carbocycles. The molecule has 4 heteroatoms. The number of rotatable bonds is 4. The maximum atomic E-state index is 12.0. The fraction of sp³-hybridized carbons (Fsp3) is 0.533. The molecular weight excluding hydrogens is 240 g/mol. The van der Waals surface area contributed by atoms with Crippen molar-refractivity contribution in [1.29, 1.82) is 0 Å². The Balaban J connectivity index is 1.83. The Morgan fingerprint density at radius 3 is 3.00 bits per heavy atom. The Hall–Kier alpha value is -1.55. The molecule has 1 heterocycles. The second-order valence-corrected chi connectivity index (χ2v) is 5.18. The Morgan fingerprint density at radius 2 is 2.32 bits per heavy atom. The van der Waals surface area contributed by atoms with Crippen LogP contribution >= 0.6 is 0 Å². The van der Waals surface area contributed by atoms with Crippen LogP contribution in [0.5, 0.6) is 5.75 Å². The third-order valence-corrected chi connectivity index (χ3v) is 3.52. The Labute approximate surface area is 114 Å². The van der Waals surface area contributed by atoms with E-state index in [2.05, 4.69) is 17.6 Å². The van der Waals surface area contributed by atoms with E-state index in [-0.39, 0.29) is 11.9 Å². The number of ether oxygens (including phenoxy) is 1. The molecule has 1 amide bonds. The fourth-order valence-corrected chi connectivity index (χ4v) is 2.37. The third kappa shape index (κ3) is 4.24. The number of hydrogen-bond donors (Lipinski definition) is 2. The lowest BCUT2D eigenvalue weighted by Gasteiger charge is -2.28. The van der Waals surface area contributed by atoms with E-state index < -0.39 is 0 Å². The molecule has 0 spiro atoms. The van der Waals surface area contributed by atoms with E-state index in [0.717, 1.165) is 30.7 Å². The van der Waals surface area contributed by atoms with Crippen LogP contribution in [0, 0.1) is 0 Å². The van der Waals surface area contributed by atoms with Gasteiger partial charge >= 0.3 is 0 Å². The van der Waals surface area contributed by atoms with Crippen LogP contribution in [0.25, 0.3) is 0 Å². The molecule has 1 aliphatic heterocycles. The van der Waals surface area contributed by atoms with E-state index in [1.807, 2.05) is 24.3 Å². The lowest BCUT2D eigenvalue weighted by molar-refractivity contribution is -0.121. The van der Waals surface area contributed by atoms with Gasteiger partial charge in [0, 0.05) is 18.6 Å². The summed E-state index contributed by atoms with van der Waals surface area (Å²) >= 11 is 0. The molecule has 0 saturated carbocycles. The molecule has 1 saturated heterocycles. The minimum Gasteiger partial charge on any atom is -0.497 e. The number of benzene rings is 1. The molecule has 0 radical (unpaired) electrons. The average Bonchev–Trinajstić information content (AvgIpc) is 2.41. The van der Waals surface area contributed by atoms with Crippen molar-refractivity contribution in [3.63, 3.8) is 0 Å². The Kier molecular flexibility index (Phi) is 4.80. The highest BCUT2D eigenvalue weighted by molar-refractivity contribution is 5.79. The minimum atomic E-state index is 0.0783. The number of amides is 1. The van der Waals surface area contributed by atoms with E-state index in [1.54, 1.807) is 7.11 Å². The summed E-state index contributed by atoms with van der Waals surface area (Å²) in [5.74, 6) is 0.869. The second-order valence-electron chi connectivity index (χ2n) is 5.18. The molecule has 2 unspecified atom stereocenters. The van der Waals surface area contributed by atoms with Gasteiger partial charge in [-0.15, -0.1) is 0 Å². The summed E-state index contributed by atoms with van der Waals surface area (Å²) in [7, 11) is 1.63. The zero-order valence-electron chi connectivity index (χ0n) is 11.6. The predicted molar refractivity (Wildman–Crippen MR) is 75.3 cm³/mol. The van der Waals surface area contributed by atoms with Crippen LogP contribution in [-0.2, 0) is 11.2 Å². The van der Waals surface area contributed by atoms with Crippen molar-refractivity contribution in [3.05, 3.63) is 29.8 Å². The first kappa shape index (κ1) is 13.9. The average molecular weight is 262 g/mol. The maximum absolute atomic E-state index is 12.0. The third-order valence-electron chi connectivity index (χ3n) is 3.52. The molecule has 0 aromatic heterocycles. The van der Waals surface area contributed by atoms with Crippen LogP contribution in [0.1, 0.15) is 25.3 Å². The van der Waals surface area contributed by atoms with Gasteiger partial charge in [-0.3, -0.25) is 4.79 Å². The van der Waals surface area contributed by atoms with Gasteiger partial charge in [0.15, 0.2) is 0 Å². The maximum Gasteiger partial charge on any atom is 0.224 e. The van der Waals surface area contributed by atoms with Gasteiger partial charge in [0.05, 0.1) is 13.5 Å². The smallest absolute Gasteiger partial charge is 0.224 e. The summed E-state index contributed by atoms with van der Waals surface area (Å²) in [5, 5.41) is 6.47. The van der Waals surface area contributed by atoms with E-state index in [4.69, 9.17) is 4.74 Å². The van der Waals surface area contributed by atoms with Gasteiger partial charge in [-0.05, 0) is 37.5 Å². The van der Waals surface area contributed by atoms with E-state index in [0.29, 0.717) is 12.5 Å². The van der Waals surface area contributed by atoms with Crippen molar-refractivity contribution in [2.24, 2.45) is 0 Å². The molecule has 2 rings (SSSR count). The second kappa shape index (κ2) is 6.57. The highest BCUT2D eigenvalue weighted by Crippen LogP contribution is 2.13. The topological polar surface area (TPSA) is 50.4 Å². The highest BCUT2D eigenvalue weighted by atomic mass is 16.5. The summed E-state index contributed by atoms with van der Waals surface area (Å²) in [6.45, 7) is 3.04. The van der Waals surface area contributed by atoms with Gasteiger partial charge in [0.25, 0.3) is 0 Å². The van der Waals surface area contributed by atoms with Crippen LogP contribution in [-0.4, -0.2) is 31.6 Å². The SMILES string of the molecule is COc1cccc(CC(=O)NC2CCC(C)NC2)c1. The van der Waals surface area contributed by atoms with Crippen LogP contribution < -0.4 is 15.4 Å². The Morgan fingerprint density at radius 1 is 1.47 bits per heavy atom. The monoisotopic (exact) mass is 262 g/mol. The van der Waals surface area contributed by atoms with Gasteiger partial charge in [-0.2, -0.15) is 0 Å². The lowest BCUT2D eigenvalue weighted by atomic mass is 10.0. The molecule has 19 heavy (non-hydrogen) atoms. The van der Waals surface area contributed by atoms with Crippen LogP contribution in [0.4, 0.5) is 0 Å². The van der Waals surface area contributed by atoms with Gasteiger partial charge in [-0.1, -0.05) is 12.1 Å². The van der Waals surface area contributed by atoms with E-state index in [1.165, 1.54) is 0 Å². The van der Waals surface area contributed by atoms with Gasteiger partial charge in [0.1, 0.15) is 5.75 Å². The van der Waals surface area contributed by atoms with Crippen molar-refractivity contribution in [2.45, 2.75) is 38.3 Å². The fourth-order valence-electron chi connectivity index (χ4n) is 2.37. The first-order chi connectivity index (χ1) is 9.17. The molecule has 1 aliphatic rings. The quantitative estimate of drug-likeness (QED) is 0.864. The molecule has 4 nitrogen and oxygen atoms in total. The van der Waals surface area contributed by atoms with Crippen LogP contribution in [0.3, 0.4) is 0 Å². The molecule has 1 aromatic rings. The zero-order chi connectivity index (χ0) is 13.7. The number of carbonyl (C=O) groups is 1. The summed E-state index contributed by atoms with van der Waals surface area (Å²) in [6.07, 6.45) is 2.57. The molecule has 0 bridgehead atoms. The number of methoxy groups -OCH3 is 1. The summed E-state index contributed by atoms with van der Waals surface area (Å²) in [6, 6.07) is 8.46. The number of nitrogens with one attached hydrogen (secondary N) is 2. The molecule has 0 aliphatic carbocycles. The largest absolute Gasteiger partial charge is 0.497 e. The molecule has 1 fully saturated rings. The van der Waals surface area contributed by atoms with Crippen LogP contribution in [0.15, 0.2) is 24.3 Å². The zero-order valence-corrected chi connectivity index (χ0v) is 11.6. The standard InChI is InChI=1S/C15H22N2O2/c1-11-6-7-13(10-16-11)17-15(18)9-12-4-3-5-14(8-12)19-2/h3-5,8,11,13,16H,6-7,9-10H2,1-2H3,(H,17,18). The van der Waals surface area contributed by atoms with Crippen molar-refractivity contribution in [2.75, 3.05) is 13.7 Å². The van der Waals surface area contributed by atoms with Crippen LogP contribution in [0.2, 0.25) is 0 Å². The first-order valence-corrected chi connectivity index (χ1v) is 6.83. The summed E-state index contributed by atoms with van der Waals surface area (Å²) < 4.78 is 5.16. The van der Waals surface area contributed by atoms with E-state index >= 15 is 0 Å².